The van der Waals surface area contributed by atoms with Crippen LogP contribution in [0, 0.1) is 0 Å². The number of carboxylic acids is 1. The van der Waals surface area contributed by atoms with Gasteiger partial charge in [-0.3, -0.25) is 4.72 Å². The molecule has 0 fully saturated rings. The molecule has 0 aliphatic carbocycles. The number of fused-ring (bicyclic) bond motifs is 6. The van der Waals surface area contributed by atoms with Crippen LogP contribution in [0.15, 0.2) is 59.6 Å². The van der Waals surface area contributed by atoms with E-state index in [1.54, 1.807) is 36.4 Å². The van der Waals surface area contributed by atoms with E-state index in [-0.39, 0.29) is 4.90 Å². The first kappa shape index (κ1) is 23.1. The van der Waals surface area contributed by atoms with Gasteiger partial charge in [0.15, 0.2) is 5.82 Å². The molecule has 3 aromatic rings. The van der Waals surface area contributed by atoms with E-state index < -0.39 is 22.2 Å². The van der Waals surface area contributed by atoms with Crippen LogP contribution in [0.4, 0.5) is 42.0 Å². The number of halogens is 4. The van der Waals surface area contributed by atoms with E-state index in [1.165, 1.54) is 18.3 Å². The summed E-state index contributed by atoms with van der Waals surface area (Å²) in [6, 6.07) is 13.2. The van der Waals surface area contributed by atoms with E-state index in [0.717, 1.165) is 0 Å². The van der Waals surface area contributed by atoms with Crippen molar-refractivity contribution >= 4 is 56.4 Å². The number of nitrogens with one attached hydrogen (secondary N) is 3. The van der Waals surface area contributed by atoms with Crippen molar-refractivity contribution in [3.05, 3.63) is 59.8 Å². The van der Waals surface area contributed by atoms with Crippen LogP contribution in [0.1, 0.15) is 0 Å². The molecule has 1 aliphatic heterocycles. The number of aromatic nitrogens is 2. The Morgan fingerprint density at radius 3 is 2.25 bits per heavy atom. The maximum absolute atomic E-state index is 12.6. The van der Waals surface area contributed by atoms with Crippen LogP contribution >= 0.6 is 11.6 Å². The zero-order valence-corrected chi connectivity index (χ0v) is 17.3. The standard InChI is InChI=1S/C16H12ClN5O2S.C2HF3O2/c17-14-9-18-16-20-11-4-2-6-13(8-11)25(23,24)22-12-5-1-3-10(7-12)19-15(14)21-16;3-2(4,5)1(6)7/h1-9,22H,(H2,18,19,20,21);(H,6,7). The van der Waals surface area contributed by atoms with Crippen molar-refractivity contribution in [1.29, 1.82) is 0 Å². The third kappa shape index (κ3) is 5.76. The third-order valence-electron chi connectivity index (χ3n) is 3.76. The first-order chi connectivity index (χ1) is 14.9. The third-order valence-corrected chi connectivity index (χ3v) is 5.42. The Hall–Kier alpha value is -3.58. The number of nitrogens with zero attached hydrogens (tertiary/aromatic N) is 2. The monoisotopic (exact) mass is 487 g/mol. The van der Waals surface area contributed by atoms with Crippen LogP contribution < -0.4 is 15.4 Å². The van der Waals surface area contributed by atoms with Crippen molar-refractivity contribution < 1.29 is 31.5 Å². The molecule has 0 atom stereocenters. The van der Waals surface area contributed by atoms with Gasteiger partial charge in [0, 0.05) is 11.4 Å². The molecular formula is C18H13ClF3N5O4S. The molecule has 4 N–H and O–H groups in total. The Morgan fingerprint density at radius 2 is 1.59 bits per heavy atom. The van der Waals surface area contributed by atoms with Gasteiger partial charge < -0.3 is 15.7 Å². The van der Waals surface area contributed by atoms with Crippen LogP contribution in [-0.2, 0) is 14.8 Å². The van der Waals surface area contributed by atoms with Gasteiger partial charge in [0.2, 0.25) is 5.95 Å². The van der Waals surface area contributed by atoms with Gasteiger partial charge in [-0.15, -0.1) is 0 Å². The first-order valence-electron chi connectivity index (χ1n) is 8.54. The summed E-state index contributed by atoms with van der Waals surface area (Å²) in [7, 11) is -3.73. The van der Waals surface area contributed by atoms with Crippen molar-refractivity contribution in [2.75, 3.05) is 15.4 Å². The molecule has 0 spiro atoms. The molecule has 14 heteroatoms. The SMILES string of the molecule is O=C(O)C(F)(F)F.O=S1(=O)Nc2cccc(c2)Nc2nc(ncc2Cl)Nc2cccc1c2. The molecule has 0 unspecified atom stereocenters. The van der Waals surface area contributed by atoms with Crippen molar-refractivity contribution in [2.45, 2.75) is 11.1 Å². The molecule has 9 nitrogen and oxygen atoms in total. The van der Waals surface area contributed by atoms with E-state index in [0.29, 0.717) is 33.9 Å². The van der Waals surface area contributed by atoms with Crippen LogP contribution in [0.25, 0.3) is 0 Å². The lowest BCUT2D eigenvalue weighted by molar-refractivity contribution is -0.192. The molecular weight excluding hydrogens is 475 g/mol. The molecule has 0 saturated carbocycles. The maximum atomic E-state index is 12.6. The fraction of sp³-hybridized carbons (Fsp3) is 0.0556. The fourth-order valence-corrected chi connectivity index (χ4v) is 3.63. The highest BCUT2D eigenvalue weighted by Gasteiger charge is 2.38. The number of anilines is 5. The molecule has 0 amide bonds. The minimum Gasteiger partial charge on any atom is -0.475 e. The summed E-state index contributed by atoms with van der Waals surface area (Å²) in [6.07, 6.45) is -3.61. The summed E-state index contributed by atoms with van der Waals surface area (Å²) in [6.45, 7) is 0. The van der Waals surface area contributed by atoms with Gasteiger partial charge in [0.1, 0.15) is 5.02 Å². The zero-order valence-electron chi connectivity index (χ0n) is 15.7. The zero-order chi connectivity index (χ0) is 23.5. The van der Waals surface area contributed by atoms with Gasteiger partial charge in [-0.05, 0) is 36.4 Å². The number of carboxylic acid groups (broad SMARTS) is 1. The lowest BCUT2D eigenvalue weighted by Crippen LogP contribution is -2.21. The number of benzene rings is 2. The summed E-state index contributed by atoms with van der Waals surface area (Å²) in [5, 5.41) is 13.5. The summed E-state index contributed by atoms with van der Waals surface area (Å²) in [5.74, 6) is -2.05. The number of hydrogen-bond donors (Lipinski definition) is 4. The molecule has 1 aromatic heterocycles. The van der Waals surface area contributed by atoms with Crippen LogP contribution in [0.5, 0.6) is 0 Å². The second kappa shape index (κ2) is 8.88. The van der Waals surface area contributed by atoms with Gasteiger partial charge in [-0.25, -0.2) is 18.2 Å². The average Bonchev–Trinajstić information content (AvgIpc) is 2.70. The van der Waals surface area contributed by atoms with E-state index in [4.69, 9.17) is 21.5 Å². The Balaban J connectivity index is 0.000000360. The minimum absolute atomic E-state index is 0.129. The number of aliphatic carboxylic acids is 1. The molecule has 2 heterocycles. The van der Waals surface area contributed by atoms with Gasteiger partial charge in [0.25, 0.3) is 10.0 Å². The highest BCUT2D eigenvalue weighted by molar-refractivity contribution is 7.92. The Labute approximate surface area is 184 Å². The highest BCUT2D eigenvalue weighted by Crippen LogP contribution is 2.28. The maximum Gasteiger partial charge on any atom is 0.490 e. The smallest absolute Gasteiger partial charge is 0.475 e. The summed E-state index contributed by atoms with van der Waals surface area (Å²) >= 11 is 6.15. The van der Waals surface area contributed by atoms with E-state index in [2.05, 4.69) is 25.3 Å². The van der Waals surface area contributed by atoms with Crippen molar-refractivity contribution in [1.82, 2.24) is 9.97 Å². The number of sulfonamides is 1. The first-order valence-corrected chi connectivity index (χ1v) is 10.4. The molecule has 6 bridgehead atoms. The van der Waals surface area contributed by atoms with Gasteiger partial charge in [-0.2, -0.15) is 18.2 Å². The number of alkyl halides is 3. The molecule has 168 valence electrons. The predicted molar refractivity (Wildman–Crippen MR) is 111 cm³/mol. The van der Waals surface area contributed by atoms with Crippen LogP contribution in [-0.4, -0.2) is 35.6 Å². The number of hydrogen-bond acceptors (Lipinski definition) is 7. The van der Waals surface area contributed by atoms with E-state index >= 15 is 0 Å². The molecule has 1 aliphatic rings. The van der Waals surface area contributed by atoms with Crippen molar-refractivity contribution in [3.8, 4) is 0 Å². The summed E-state index contributed by atoms with van der Waals surface area (Å²) < 4.78 is 59.5. The normalized spacial score (nSPS) is 13.9. The Bertz CT molecular complexity index is 1270. The summed E-state index contributed by atoms with van der Waals surface area (Å²) in [4.78, 5) is 17.5. The summed E-state index contributed by atoms with van der Waals surface area (Å²) in [5.41, 5.74) is 1.60. The largest absolute Gasteiger partial charge is 0.490 e. The van der Waals surface area contributed by atoms with Crippen molar-refractivity contribution in [3.63, 3.8) is 0 Å². The molecule has 2 aromatic carbocycles. The van der Waals surface area contributed by atoms with Gasteiger partial charge >= 0.3 is 12.1 Å². The fourth-order valence-electron chi connectivity index (χ4n) is 2.40. The predicted octanol–water partition coefficient (Wildman–Crippen LogP) is 4.36. The Kier molecular flexibility index (Phi) is 6.41. The number of carbonyl (C=O) groups is 1. The lowest BCUT2D eigenvalue weighted by atomic mass is 10.3. The van der Waals surface area contributed by atoms with E-state index in [9.17, 15) is 21.6 Å². The van der Waals surface area contributed by atoms with Crippen molar-refractivity contribution in [2.24, 2.45) is 0 Å². The highest BCUT2D eigenvalue weighted by atomic mass is 35.5. The van der Waals surface area contributed by atoms with Crippen LogP contribution in [0.3, 0.4) is 0 Å². The molecule has 0 radical (unpaired) electrons. The topological polar surface area (TPSA) is 133 Å². The van der Waals surface area contributed by atoms with Gasteiger partial charge in [-0.1, -0.05) is 23.7 Å². The average molecular weight is 488 g/mol. The second-order valence-corrected chi connectivity index (χ2v) is 8.25. The van der Waals surface area contributed by atoms with Gasteiger partial charge in [0.05, 0.1) is 16.8 Å². The second-order valence-electron chi connectivity index (χ2n) is 6.16. The molecule has 4 rings (SSSR count). The lowest BCUT2D eigenvalue weighted by Gasteiger charge is -2.10. The quantitative estimate of drug-likeness (QED) is 0.367. The Morgan fingerprint density at radius 1 is 1.00 bits per heavy atom. The minimum atomic E-state index is -5.08. The molecule has 0 saturated heterocycles. The van der Waals surface area contributed by atoms with Crippen LogP contribution in [0.2, 0.25) is 5.02 Å². The molecule has 32 heavy (non-hydrogen) atoms. The number of rotatable bonds is 0. The van der Waals surface area contributed by atoms with E-state index in [1.807, 2.05) is 0 Å².